The van der Waals surface area contributed by atoms with Crippen molar-refractivity contribution in [3.05, 3.63) is 54.1 Å². The van der Waals surface area contributed by atoms with Gasteiger partial charge in [0.2, 0.25) is 0 Å². The van der Waals surface area contributed by atoms with Gasteiger partial charge in [0.25, 0.3) is 5.91 Å². The summed E-state index contributed by atoms with van der Waals surface area (Å²) in [6, 6.07) is 5.90. The summed E-state index contributed by atoms with van der Waals surface area (Å²) in [4.78, 5) is 19.7. The first-order valence-electron chi connectivity index (χ1n) is 5.57. The van der Waals surface area contributed by atoms with Crippen LogP contribution in [-0.4, -0.2) is 26.7 Å². The lowest BCUT2D eigenvalue weighted by Gasteiger charge is -2.02. The zero-order chi connectivity index (χ0) is 13.7. The molecule has 1 amide bonds. The van der Waals surface area contributed by atoms with Crippen LogP contribution in [-0.2, 0) is 0 Å². The van der Waals surface area contributed by atoms with Gasteiger partial charge in [0.05, 0.1) is 11.9 Å². The molecule has 0 bridgehead atoms. The predicted molar refractivity (Wildman–Crippen MR) is 69.8 cm³/mol. The minimum atomic E-state index is -0.358. The Labute approximate surface area is 109 Å². The Morgan fingerprint density at radius 3 is 2.63 bits per heavy atom. The second-order valence-electron chi connectivity index (χ2n) is 3.78. The Morgan fingerprint density at radius 2 is 2.00 bits per heavy atom. The lowest BCUT2D eigenvalue weighted by Crippen LogP contribution is -2.19. The molecular weight excluding hydrogens is 244 g/mol. The molecule has 6 heteroatoms. The fraction of sp³-hybridized carbons (Fsp3) is 0.0769. The van der Waals surface area contributed by atoms with Crippen molar-refractivity contribution >= 4 is 11.6 Å². The van der Waals surface area contributed by atoms with E-state index in [0.717, 1.165) is 0 Å². The number of hydrogen-bond donors (Lipinski definition) is 2. The van der Waals surface area contributed by atoms with Gasteiger partial charge in [-0.2, -0.15) is 5.10 Å². The third-order valence-electron chi connectivity index (χ3n) is 2.39. The van der Waals surface area contributed by atoms with Crippen LogP contribution in [0.25, 0.3) is 0 Å². The number of benzene rings is 1. The van der Waals surface area contributed by atoms with E-state index >= 15 is 0 Å². The lowest BCUT2D eigenvalue weighted by molar-refractivity contribution is 0.0955. The van der Waals surface area contributed by atoms with E-state index in [1.807, 2.05) is 0 Å². The van der Waals surface area contributed by atoms with Gasteiger partial charge in [-0.05, 0) is 31.2 Å². The van der Waals surface area contributed by atoms with Crippen molar-refractivity contribution in [2.45, 2.75) is 6.92 Å². The highest BCUT2D eigenvalue weighted by molar-refractivity contribution is 5.99. The molecule has 2 aromatic rings. The van der Waals surface area contributed by atoms with Crippen LogP contribution in [0.3, 0.4) is 0 Å². The molecule has 2 rings (SSSR count). The number of phenols is 1. The number of hydrogen-bond acceptors (Lipinski definition) is 5. The van der Waals surface area contributed by atoms with Crippen molar-refractivity contribution in [3.63, 3.8) is 0 Å². The van der Waals surface area contributed by atoms with E-state index in [9.17, 15) is 4.79 Å². The summed E-state index contributed by atoms with van der Waals surface area (Å²) in [5.41, 5.74) is 3.97. The molecule has 0 aliphatic carbocycles. The van der Waals surface area contributed by atoms with E-state index in [-0.39, 0.29) is 11.7 Å². The minimum absolute atomic E-state index is 0.107. The molecule has 0 radical (unpaired) electrons. The van der Waals surface area contributed by atoms with Crippen LogP contribution in [0, 0.1) is 0 Å². The van der Waals surface area contributed by atoms with Crippen LogP contribution in [0.2, 0.25) is 0 Å². The van der Waals surface area contributed by atoms with Crippen molar-refractivity contribution in [3.8, 4) is 5.75 Å². The zero-order valence-corrected chi connectivity index (χ0v) is 10.2. The second-order valence-corrected chi connectivity index (χ2v) is 3.78. The van der Waals surface area contributed by atoms with Crippen molar-refractivity contribution in [1.82, 2.24) is 15.4 Å². The summed E-state index contributed by atoms with van der Waals surface area (Å²) >= 11 is 0. The van der Waals surface area contributed by atoms with Gasteiger partial charge in [0, 0.05) is 18.0 Å². The van der Waals surface area contributed by atoms with Gasteiger partial charge in [-0.15, -0.1) is 0 Å². The van der Waals surface area contributed by atoms with Crippen LogP contribution in [0.5, 0.6) is 5.75 Å². The summed E-state index contributed by atoms with van der Waals surface area (Å²) in [6.45, 7) is 1.72. The van der Waals surface area contributed by atoms with Crippen LogP contribution < -0.4 is 5.43 Å². The first-order valence-corrected chi connectivity index (χ1v) is 5.57. The number of amides is 1. The van der Waals surface area contributed by atoms with Crippen molar-refractivity contribution in [2.75, 3.05) is 0 Å². The highest BCUT2D eigenvalue weighted by Gasteiger charge is 2.05. The molecule has 0 saturated carbocycles. The molecule has 0 aliphatic heterocycles. The number of hydrazone groups is 1. The zero-order valence-electron chi connectivity index (χ0n) is 10.2. The molecule has 0 spiro atoms. The SMILES string of the molecule is C/C(=N/NC(=O)c1ccc(O)cc1)c1cnccn1. The summed E-state index contributed by atoms with van der Waals surface area (Å²) < 4.78 is 0. The van der Waals surface area contributed by atoms with Gasteiger partial charge < -0.3 is 5.11 Å². The van der Waals surface area contributed by atoms with E-state index in [1.54, 1.807) is 25.5 Å². The van der Waals surface area contributed by atoms with E-state index < -0.39 is 0 Å². The molecule has 2 N–H and O–H groups in total. The highest BCUT2D eigenvalue weighted by atomic mass is 16.3. The van der Waals surface area contributed by atoms with Gasteiger partial charge in [-0.3, -0.25) is 14.8 Å². The van der Waals surface area contributed by atoms with Crippen LogP contribution in [0.1, 0.15) is 23.0 Å². The predicted octanol–water partition coefficient (Wildman–Crippen LogP) is 1.34. The average molecular weight is 256 g/mol. The Hall–Kier alpha value is -2.76. The molecule has 96 valence electrons. The molecular formula is C13H12N4O2. The average Bonchev–Trinajstić information content (AvgIpc) is 2.46. The fourth-order valence-electron chi connectivity index (χ4n) is 1.36. The largest absolute Gasteiger partial charge is 0.508 e. The van der Waals surface area contributed by atoms with Crippen molar-refractivity contribution in [1.29, 1.82) is 0 Å². The Bertz CT molecular complexity index is 594. The summed E-state index contributed by atoms with van der Waals surface area (Å²) in [5, 5.41) is 13.1. The molecule has 0 fully saturated rings. The number of aromatic nitrogens is 2. The molecule has 0 atom stereocenters. The number of rotatable bonds is 3. The van der Waals surface area contributed by atoms with Gasteiger partial charge in [-0.1, -0.05) is 0 Å². The highest BCUT2D eigenvalue weighted by Crippen LogP contribution is 2.09. The molecule has 0 aliphatic rings. The third kappa shape index (κ3) is 3.35. The standard InChI is InChI=1S/C13H12N4O2/c1-9(12-8-14-6-7-15-12)16-17-13(19)10-2-4-11(18)5-3-10/h2-8,18H,1H3,(H,17,19)/b16-9-. The number of aromatic hydroxyl groups is 1. The Balaban J connectivity index is 2.06. The molecule has 19 heavy (non-hydrogen) atoms. The van der Waals surface area contributed by atoms with Gasteiger partial charge in [0.15, 0.2) is 0 Å². The van der Waals surface area contributed by atoms with E-state index in [0.29, 0.717) is 17.0 Å². The number of nitrogens with zero attached hydrogens (tertiary/aromatic N) is 3. The number of phenolic OH excluding ortho intramolecular Hbond substituents is 1. The monoisotopic (exact) mass is 256 g/mol. The number of carbonyl (C=O) groups excluding carboxylic acids is 1. The van der Waals surface area contributed by atoms with Crippen LogP contribution >= 0.6 is 0 Å². The van der Waals surface area contributed by atoms with Crippen molar-refractivity contribution < 1.29 is 9.90 Å². The lowest BCUT2D eigenvalue weighted by atomic mass is 10.2. The van der Waals surface area contributed by atoms with E-state index in [2.05, 4.69) is 20.5 Å². The molecule has 0 saturated heterocycles. The molecule has 6 nitrogen and oxygen atoms in total. The van der Waals surface area contributed by atoms with Gasteiger partial charge >= 0.3 is 0 Å². The summed E-state index contributed by atoms with van der Waals surface area (Å²) in [6.07, 6.45) is 4.67. The quantitative estimate of drug-likeness (QED) is 0.640. The third-order valence-corrected chi connectivity index (χ3v) is 2.39. The van der Waals surface area contributed by atoms with E-state index in [4.69, 9.17) is 5.11 Å². The summed E-state index contributed by atoms with van der Waals surface area (Å²) in [5.74, 6) is -0.251. The van der Waals surface area contributed by atoms with Crippen LogP contribution in [0.4, 0.5) is 0 Å². The maximum atomic E-state index is 11.8. The molecule has 0 unspecified atom stereocenters. The van der Waals surface area contributed by atoms with E-state index in [1.165, 1.54) is 24.3 Å². The smallest absolute Gasteiger partial charge is 0.271 e. The first-order chi connectivity index (χ1) is 9.16. The fourth-order valence-corrected chi connectivity index (χ4v) is 1.36. The number of nitrogens with one attached hydrogen (secondary N) is 1. The second kappa shape index (κ2) is 5.72. The Morgan fingerprint density at radius 1 is 1.26 bits per heavy atom. The van der Waals surface area contributed by atoms with Gasteiger partial charge in [0.1, 0.15) is 11.4 Å². The Kier molecular flexibility index (Phi) is 3.82. The first kappa shape index (κ1) is 12.7. The minimum Gasteiger partial charge on any atom is -0.508 e. The molecule has 1 aromatic heterocycles. The topological polar surface area (TPSA) is 87.5 Å². The maximum Gasteiger partial charge on any atom is 0.271 e. The number of carbonyl (C=O) groups is 1. The molecule has 1 heterocycles. The summed E-state index contributed by atoms with van der Waals surface area (Å²) in [7, 11) is 0. The van der Waals surface area contributed by atoms with Crippen molar-refractivity contribution in [2.24, 2.45) is 5.10 Å². The molecule has 1 aromatic carbocycles. The normalized spacial score (nSPS) is 11.1. The maximum absolute atomic E-state index is 11.8. The van der Waals surface area contributed by atoms with Gasteiger partial charge in [-0.25, -0.2) is 5.43 Å². The van der Waals surface area contributed by atoms with Crippen LogP contribution in [0.15, 0.2) is 48.0 Å².